The summed E-state index contributed by atoms with van der Waals surface area (Å²) in [5.41, 5.74) is 3.86. The second-order valence-electron chi connectivity index (χ2n) is 6.26. The summed E-state index contributed by atoms with van der Waals surface area (Å²) in [7, 11) is -0.360. The van der Waals surface area contributed by atoms with Gasteiger partial charge in [-0.3, -0.25) is 0 Å². The molecule has 3 aromatic rings. The molecule has 0 saturated carbocycles. The Hall–Kier alpha value is -2.70. The third-order valence-corrected chi connectivity index (χ3v) is 4.71. The van der Waals surface area contributed by atoms with E-state index in [1.807, 2.05) is 73.6 Å². The van der Waals surface area contributed by atoms with Gasteiger partial charge >= 0.3 is 0 Å². The maximum absolute atomic E-state index is 11.1. The summed E-state index contributed by atoms with van der Waals surface area (Å²) in [4.78, 5) is 2.04. The largest absolute Gasteiger partial charge is 0.743 e. The zero-order valence-electron chi connectivity index (χ0n) is 14.7. The molecule has 0 bridgehead atoms. The summed E-state index contributed by atoms with van der Waals surface area (Å²) in [5, 5.41) is 0.889. The van der Waals surface area contributed by atoms with Gasteiger partial charge < -0.3 is 9.45 Å². The van der Waals surface area contributed by atoms with Crippen LogP contribution in [0, 0.1) is 0 Å². The van der Waals surface area contributed by atoms with E-state index in [1.54, 1.807) is 6.20 Å². The average Bonchev–Trinajstić information content (AvgIpc) is 2.60. The Morgan fingerprint density at radius 2 is 1.69 bits per heavy atom. The molecule has 0 radical (unpaired) electrons. The van der Waals surface area contributed by atoms with Crippen molar-refractivity contribution in [2.24, 2.45) is 0 Å². The van der Waals surface area contributed by atoms with E-state index in [0.29, 0.717) is 5.52 Å². The van der Waals surface area contributed by atoms with Gasteiger partial charge in [0.05, 0.1) is 5.39 Å². The zero-order valence-corrected chi connectivity index (χ0v) is 15.5. The SMILES string of the molecule is CN(C)c1ccc(/C=C/c2cc[n+](CS(=O)(=O)[O-])c3ccccc23)cc1. The zero-order chi connectivity index (χ0) is 18.7. The van der Waals surface area contributed by atoms with E-state index in [-0.39, 0.29) is 0 Å². The van der Waals surface area contributed by atoms with E-state index in [2.05, 4.69) is 12.1 Å². The van der Waals surface area contributed by atoms with Gasteiger partial charge in [0.2, 0.25) is 11.4 Å². The second-order valence-corrected chi connectivity index (χ2v) is 7.64. The molecule has 0 unspecified atom stereocenters. The number of benzene rings is 2. The molecule has 0 atom stereocenters. The molecule has 0 saturated heterocycles. The van der Waals surface area contributed by atoms with Gasteiger partial charge in [-0.15, -0.1) is 0 Å². The fourth-order valence-electron chi connectivity index (χ4n) is 2.81. The van der Waals surface area contributed by atoms with Crippen LogP contribution in [-0.4, -0.2) is 27.1 Å². The van der Waals surface area contributed by atoms with Gasteiger partial charge in [0.25, 0.3) is 0 Å². The maximum atomic E-state index is 11.1. The lowest BCUT2D eigenvalue weighted by atomic mass is 10.1. The number of aromatic nitrogens is 1. The standard InChI is InChI=1S/C20H20N2O3S/c1-21(2)18-11-8-16(9-12-18)7-10-17-13-14-22(15-26(23,24)25)20-6-4-3-5-19(17)20/h3-14H,15H2,1-2H3. The fourth-order valence-corrected chi connectivity index (χ4v) is 3.37. The number of anilines is 1. The third kappa shape index (κ3) is 4.28. The monoisotopic (exact) mass is 368 g/mol. The van der Waals surface area contributed by atoms with Crippen LogP contribution in [0.2, 0.25) is 0 Å². The molecule has 134 valence electrons. The van der Waals surface area contributed by atoms with Crippen LogP contribution in [0.5, 0.6) is 0 Å². The highest BCUT2D eigenvalue weighted by molar-refractivity contribution is 7.84. The predicted molar refractivity (Wildman–Crippen MR) is 104 cm³/mol. The van der Waals surface area contributed by atoms with Crippen molar-refractivity contribution >= 4 is 38.9 Å². The molecular formula is C20H20N2O3S. The Bertz CT molecular complexity index is 1060. The van der Waals surface area contributed by atoms with Crippen molar-refractivity contribution in [1.82, 2.24) is 0 Å². The van der Waals surface area contributed by atoms with Gasteiger partial charge in [-0.25, -0.2) is 8.42 Å². The molecule has 26 heavy (non-hydrogen) atoms. The number of hydrogen-bond acceptors (Lipinski definition) is 4. The Kier molecular flexibility index (Phi) is 5.06. The molecule has 1 aromatic heterocycles. The van der Waals surface area contributed by atoms with Crippen LogP contribution < -0.4 is 9.47 Å². The summed E-state index contributed by atoms with van der Waals surface area (Å²) in [6.07, 6.45) is 5.63. The fraction of sp³-hybridized carbons (Fsp3) is 0.150. The summed E-state index contributed by atoms with van der Waals surface area (Å²) in [6, 6.07) is 17.4. The molecule has 0 aliphatic rings. The molecule has 0 N–H and O–H groups in total. The Morgan fingerprint density at radius 1 is 1.00 bits per heavy atom. The van der Waals surface area contributed by atoms with Crippen molar-refractivity contribution in [3.05, 3.63) is 71.9 Å². The van der Waals surface area contributed by atoms with E-state index in [4.69, 9.17) is 0 Å². The number of hydrogen-bond donors (Lipinski definition) is 0. The summed E-state index contributed by atoms with van der Waals surface area (Å²) in [6.45, 7) is 0. The van der Waals surface area contributed by atoms with Crippen molar-refractivity contribution in [1.29, 1.82) is 0 Å². The van der Waals surface area contributed by atoms with Crippen LogP contribution in [0.15, 0.2) is 60.8 Å². The molecule has 0 amide bonds. The van der Waals surface area contributed by atoms with Crippen LogP contribution in [0.25, 0.3) is 23.1 Å². The Labute approximate surface area is 153 Å². The minimum Gasteiger partial charge on any atom is -0.743 e. The summed E-state index contributed by atoms with van der Waals surface area (Å²) in [5.74, 6) is -0.580. The molecule has 0 aliphatic heterocycles. The van der Waals surface area contributed by atoms with Crippen molar-refractivity contribution in [3.63, 3.8) is 0 Å². The normalized spacial score (nSPS) is 12.0. The smallest absolute Gasteiger partial charge is 0.237 e. The number of para-hydroxylation sites is 1. The van der Waals surface area contributed by atoms with E-state index >= 15 is 0 Å². The first-order chi connectivity index (χ1) is 12.3. The van der Waals surface area contributed by atoms with E-state index in [1.165, 1.54) is 4.57 Å². The van der Waals surface area contributed by atoms with E-state index in [0.717, 1.165) is 22.2 Å². The average molecular weight is 368 g/mol. The van der Waals surface area contributed by atoms with E-state index in [9.17, 15) is 13.0 Å². The molecule has 5 nitrogen and oxygen atoms in total. The van der Waals surface area contributed by atoms with E-state index < -0.39 is 16.0 Å². The number of nitrogens with zero attached hydrogens (tertiary/aromatic N) is 2. The van der Waals surface area contributed by atoms with Gasteiger partial charge in [0, 0.05) is 31.9 Å². The Morgan fingerprint density at radius 3 is 2.35 bits per heavy atom. The highest BCUT2D eigenvalue weighted by Crippen LogP contribution is 2.19. The molecule has 3 rings (SSSR count). The number of pyridine rings is 1. The third-order valence-electron chi connectivity index (χ3n) is 4.12. The van der Waals surface area contributed by atoms with Crippen molar-refractivity contribution in [2.75, 3.05) is 19.0 Å². The van der Waals surface area contributed by atoms with Crippen molar-refractivity contribution in [2.45, 2.75) is 5.88 Å². The predicted octanol–water partition coefficient (Wildman–Crippen LogP) is 2.87. The minimum absolute atomic E-state index is 0.580. The minimum atomic E-state index is -4.36. The molecule has 6 heteroatoms. The lowest BCUT2D eigenvalue weighted by Crippen LogP contribution is -2.38. The van der Waals surface area contributed by atoms with Gasteiger partial charge in [-0.1, -0.05) is 36.4 Å². The molecule has 1 heterocycles. The Balaban J connectivity index is 1.97. The van der Waals surface area contributed by atoms with Crippen LogP contribution in [0.3, 0.4) is 0 Å². The molecule has 0 fully saturated rings. The van der Waals surface area contributed by atoms with Crippen molar-refractivity contribution in [3.8, 4) is 0 Å². The second kappa shape index (κ2) is 7.27. The highest BCUT2D eigenvalue weighted by atomic mass is 32.2. The first-order valence-electron chi connectivity index (χ1n) is 8.14. The first-order valence-corrected chi connectivity index (χ1v) is 9.71. The number of fused-ring (bicyclic) bond motifs is 1. The summed E-state index contributed by atoms with van der Waals surface area (Å²) < 4.78 is 34.8. The maximum Gasteiger partial charge on any atom is 0.237 e. The quantitative estimate of drug-likeness (QED) is 0.513. The lowest BCUT2D eigenvalue weighted by molar-refractivity contribution is -0.651. The highest BCUT2D eigenvalue weighted by Gasteiger charge is 2.13. The van der Waals surface area contributed by atoms with Crippen LogP contribution in [-0.2, 0) is 16.0 Å². The molecule has 0 aliphatic carbocycles. The molecule has 2 aromatic carbocycles. The lowest BCUT2D eigenvalue weighted by Gasteiger charge is -2.11. The number of rotatable bonds is 5. The van der Waals surface area contributed by atoms with Crippen LogP contribution in [0.1, 0.15) is 11.1 Å². The van der Waals surface area contributed by atoms with Crippen LogP contribution >= 0.6 is 0 Å². The first kappa shape index (κ1) is 18.1. The van der Waals surface area contributed by atoms with Gasteiger partial charge in [-0.05, 0) is 29.3 Å². The molecule has 0 spiro atoms. The molecular weight excluding hydrogens is 348 g/mol. The van der Waals surface area contributed by atoms with Gasteiger partial charge in [0.1, 0.15) is 0 Å². The topological polar surface area (TPSA) is 64.3 Å². The van der Waals surface area contributed by atoms with Gasteiger partial charge in [0.15, 0.2) is 16.3 Å². The summed E-state index contributed by atoms with van der Waals surface area (Å²) >= 11 is 0. The van der Waals surface area contributed by atoms with Crippen molar-refractivity contribution < 1.29 is 17.5 Å². The van der Waals surface area contributed by atoms with Gasteiger partial charge in [-0.2, -0.15) is 4.57 Å². The van der Waals surface area contributed by atoms with Crippen LogP contribution in [0.4, 0.5) is 5.69 Å².